The first-order valence-corrected chi connectivity index (χ1v) is 9.83. The van der Waals surface area contributed by atoms with Crippen molar-refractivity contribution in [1.82, 2.24) is 16.0 Å². The number of carboxylic acids is 2. The minimum Gasteiger partial charge on any atom is -0.481 e. The Balaban J connectivity index is 5.26. The molecule has 0 aliphatic carbocycles. The predicted molar refractivity (Wildman–Crippen MR) is 109 cm³/mol. The fourth-order valence-corrected chi connectivity index (χ4v) is 2.64. The largest absolute Gasteiger partial charge is 0.481 e. The van der Waals surface area contributed by atoms with Crippen LogP contribution in [0.15, 0.2) is 0 Å². The van der Waals surface area contributed by atoms with Gasteiger partial charge in [-0.1, -0.05) is 13.8 Å². The monoisotopic (exact) mass is 450 g/mol. The molecule has 0 bridgehead atoms. The van der Waals surface area contributed by atoms with Crippen molar-refractivity contribution in [3.05, 3.63) is 0 Å². The highest BCUT2D eigenvalue weighted by Crippen LogP contribution is 2.04. The summed E-state index contributed by atoms with van der Waals surface area (Å²) < 4.78 is 0. The first kappa shape index (κ1) is 27.6. The number of nitrogens with two attached hydrogens (primary N) is 1. The third kappa shape index (κ3) is 9.89. The number of carbonyl (C=O) groups is 5. The molecule has 12 nitrogen and oxygen atoms in total. The third-order valence-corrected chi connectivity index (χ3v) is 4.30. The average molecular weight is 451 g/mol. The van der Waals surface area contributed by atoms with E-state index in [4.69, 9.17) is 15.9 Å². The first-order chi connectivity index (χ1) is 13.8. The topological polar surface area (TPSA) is 208 Å². The Morgan fingerprint density at radius 2 is 1.40 bits per heavy atom. The van der Waals surface area contributed by atoms with Gasteiger partial charge in [0, 0.05) is 5.75 Å². The summed E-state index contributed by atoms with van der Waals surface area (Å²) in [5.41, 5.74) is 5.76. The number of carboxylic acid groups (broad SMARTS) is 2. The number of carbonyl (C=O) groups excluding carboxylic acids is 3. The minimum absolute atomic E-state index is 0.133. The lowest BCUT2D eigenvalue weighted by molar-refractivity contribution is -0.146. The van der Waals surface area contributed by atoms with Gasteiger partial charge in [-0.05, 0) is 19.3 Å². The van der Waals surface area contributed by atoms with Crippen molar-refractivity contribution in [2.24, 2.45) is 11.7 Å². The number of amides is 3. The molecule has 0 fully saturated rings. The van der Waals surface area contributed by atoms with Crippen molar-refractivity contribution in [3.8, 4) is 0 Å². The molecule has 0 saturated heterocycles. The zero-order valence-electron chi connectivity index (χ0n) is 17.0. The fourth-order valence-electron chi connectivity index (χ4n) is 2.39. The van der Waals surface area contributed by atoms with Crippen LogP contribution in [0.1, 0.15) is 33.6 Å². The number of rotatable bonds is 13. The SMILES string of the molecule is CC(C)CC(N)C(=O)NC(CS)C(=O)NC(CC(=O)O)C(=O)NC(C(=O)O)C(C)O. The summed E-state index contributed by atoms with van der Waals surface area (Å²) in [4.78, 5) is 59.1. The van der Waals surface area contributed by atoms with Crippen LogP contribution in [0.3, 0.4) is 0 Å². The van der Waals surface area contributed by atoms with Gasteiger partial charge in [0.2, 0.25) is 17.7 Å². The molecule has 13 heteroatoms. The fraction of sp³-hybridized carbons (Fsp3) is 0.706. The molecule has 0 aromatic carbocycles. The van der Waals surface area contributed by atoms with Crippen LogP contribution in [0.5, 0.6) is 0 Å². The van der Waals surface area contributed by atoms with Crippen LogP contribution in [0.4, 0.5) is 0 Å². The van der Waals surface area contributed by atoms with Crippen molar-refractivity contribution in [3.63, 3.8) is 0 Å². The molecule has 0 aliphatic heterocycles. The van der Waals surface area contributed by atoms with E-state index in [2.05, 4.69) is 23.3 Å². The zero-order chi connectivity index (χ0) is 23.6. The van der Waals surface area contributed by atoms with Gasteiger partial charge in [-0.3, -0.25) is 19.2 Å². The minimum atomic E-state index is -1.71. The number of aliphatic carboxylic acids is 2. The van der Waals surface area contributed by atoms with Crippen molar-refractivity contribution in [2.45, 2.75) is 63.9 Å². The Morgan fingerprint density at radius 3 is 1.80 bits per heavy atom. The summed E-state index contributed by atoms with van der Waals surface area (Å²) >= 11 is 3.98. The summed E-state index contributed by atoms with van der Waals surface area (Å²) in [7, 11) is 0. The van der Waals surface area contributed by atoms with Gasteiger partial charge in [-0.2, -0.15) is 12.6 Å². The molecule has 0 aromatic heterocycles. The van der Waals surface area contributed by atoms with E-state index in [1.54, 1.807) is 0 Å². The molecule has 0 heterocycles. The van der Waals surface area contributed by atoms with Gasteiger partial charge < -0.3 is 37.0 Å². The highest BCUT2D eigenvalue weighted by atomic mass is 32.1. The standard InChI is InChI=1S/C17H30N4O8S/c1-7(2)4-9(18)14(25)20-11(6-30)16(27)19-10(5-12(23)24)15(26)21-13(8(3)22)17(28)29/h7-11,13,22,30H,4-6,18H2,1-3H3,(H,19,27)(H,20,25)(H,21,26)(H,23,24)(H,28,29). The van der Waals surface area contributed by atoms with Crippen LogP contribution in [0.2, 0.25) is 0 Å². The van der Waals surface area contributed by atoms with E-state index in [0.717, 1.165) is 6.92 Å². The number of aliphatic hydroxyl groups is 1. The lowest BCUT2D eigenvalue weighted by Crippen LogP contribution is -2.59. The Morgan fingerprint density at radius 1 is 0.900 bits per heavy atom. The molecule has 0 rings (SSSR count). The van der Waals surface area contributed by atoms with Crippen LogP contribution in [0, 0.1) is 5.92 Å². The Kier molecular flexibility index (Phi) is 12.0. The van der Waals surface area contributed by atoms with Gasteiger partial charge in [0.1, 0.15) is 12.1 Å². The maximum Gasteiger partial charge on any atom is 0.328 e. The van der Waals surface area contributed by atoms with Crippen molar-refractivity contribution in [1.29, 1.82) is 0 Å². The van der Waals surface area contributed by atoms with E-state index in [9.17, 15) is 29.1 Å². The highest BCUT2D eigenvalue weighted by Gasteiger charge is 2.32. The number of hydrogen-bond donors (Lipinski definition) is 8. The number of hydrogen-bond acceptors (Lipinski definition) is 8. The van der Waals surface area contributed by atoms with E-state index in [-0.39, 0.29) is 11.7 Å². The Bertz CT molecular complexity index is 643. The third-order valence-electron chi connectivity index (χ3n) is 3.94. The average Bonchev–Trinajstić information content (AvgIpc) is 2.61. The molecular formula is C17H30N4O8S. The van der Waals surface area contributed by atoms with Crippen molar-refractivity contribution in [2.75, 3.05) is 5.75 Å². The van der Waals surface area contributed by atoms with Gasteiger partial charge in [0.25, 0.3) is 0 Å². The number of nitrogens with one attached hydrogen (secondary N) is 3. The van der Waals surface area contributed by atoms with Crippen LogP contribution in [0.25, 0.3) is 0 Å². The summed E-state index contributed by atoms with van der Waals surface area (Å²) in [6, 6.07) is -5.45. The van der Waals surface area contributed by atoms with E-state index >= 15 is 0 Å². The zero-order valence-corrected chi connectivity index (χ0v) is 17.9. The molecule has 5 unspecified atom stereocenters. The summed E-state index contributed by atoms with van der Waals surface area (Å²) in [6.45, 7) is 4.85. The second kappa shape index (κ2) is 13.0. The molecule has 0 spiro atoms. The van der Waals surface area contributed by atoms with E-state index in [1.165, 1.54) is 0 Å². The summed E-state index contributed by atoms with van der Waals surface area (Å²) in [6.07, 6.45) is -1.96. The Hall–Kier alpha value is -2.38. The molecule has 0 saturated carbocycles. The molecule has 172 valence electrons. The second-order valence-corrected chi connectivity index (χ2v) is 7.57. The molecule has 5 atom stereocenters. The van der Waals surface area contributed by atoms with Crippen molar-refractivity contribution >= 4 is 42.3 Å². The summed E-state index contributed by atoms with van der Waals surface area (Å²) in [5, 5.41) is 34.0. The predicted octanol–water partition coefficient (Wildman–Crippen LogP) is -2.32. The molecule has 0 radical (unpaired) electrons. The molecular weight excluding hydrogens is 420 g/mol. The molecule has 0 aliphatic rings. The van der Waals surface area contributed by atoms with Crippen LogP contribution < -0.4 is 21.7 Å². The number of thiol groups is 1. The van der Waals surface area contributed by atoms with Gasteiger partial charge in [0.05, 0.1) is 18.6 Å². The maximum atomic E-state index is 12.5. The molecule has 3 amide bonds. The maximum absolute atomic E-state index is 12.5. The summed E-state index contributed by atoms with van der Waals surface area (Å²) in [5.74, 6) is -5.66. The molecule has 0 aromatic rings. The smallest absolute Gasteiger partial charge is 0.328 e. The lowest BCUT2D eigenvalue weighted by Gasteiger charge is -2.24. The van der Waals surface area contributed by atoms with Crippen molar-refractivity contribution < 1.29 is 39.3 Å². The van der Waals surface area contributed by atoms with Gasteiger partial charge in [-0.25, -0.2) is 4.79 Å². The van der Waals surface area contributed by atoms with Crippen LogP contribution in [-0.2, 0) is 24.0 Å². The Labute approximate surface area is 179 Å². The first-order valence-electron chi connectivity index (χ1n) is 9.20. The van der Waals surface area contributed by atoms with Gasteiger partial charge >= 0.3 is 11.9 Å². The second-order valence-electron chi connectivity index (χ2n) is 7.20. The van der Waals surface area contributed by atoms with E-state index < -0.39 is 66.4 Å². The van der Waals surface area contributed by atoms with Gasteiger partial charge in [-0.15, -0.1) is 0 Å². The normalized spacial score (nSPS) is 16.0. The quantitative estimate of drug-likeness (QED) is 0.141. The lowest BCUT2D eigenvalue weighted by atomic mass is 10.0. The van der Waals surface area contributed by atoms with E-state index in [1.807, 2.05) is 19.2 Å². The molecule has 8 N–H and O–H groups in total. The van der Waals surface area contributed by atoms with E-state index in [0.29, 0.717) is 6.42 Å². The number of aliphatic hydroxyl groups excluding tert-OH is 1. The van der Waals surface area contributed by atoms with Gasteiger partial charge in [0.15, 0.2) is 6.04 Å². The molecule has 30 heavy (non-hydrogen) atoms. The van der Waals surface area contributed by atoms with Crippen LogP contribution >= 0.6 is 12.6 Å². The highest BCUT2D eigenvalue weighted by molar-refractivity contribution is 7.80. The van der Waals surface area contributed by atoms with Crippen LogP contribution in [-0.4, -0.2) is 81.0 Å².